The summed E-state index contributed by atoms with van der Waals surface area (Å²) in [5.41, 5.74) is 0.805. The Morgan fingerprint density at radius 1 is 1.30 bits per heavy atom. The summed E-state index contributed by atoms with van der Waals surface area (Å²) in [5, 5.41) is 10.5. The number of fused-ring (bicyclic) bond motifs is 1. The van der Waals surface area contributed by atoms with Crippen LogP contribution in [0.3, 0.4) is 0 Å². The summed E-state index contributed by atoms with van der Waals surface area (Å²) in [6.07, 6.45) is 3.27. The number of carbonyl (C=O) groups excluding carboxylic acids is 2. The topological polar surface area (TPSA) is 101 Å². The number of aromatic nitrogens is 3. The number of rotatable bonds is 4. The fraction of sp³-hybridized carbons (Fsp3) is 0.222. The minimum atomic E-state index is -0.633. The number of nitrogens with zero attached hydrogens (tertiary/aromatic N) is 4. The first-order valence-corrected chi connectivity index (χ1v) is 8.39. The van der Waals surface area contributed by atoms with Gasteiger partial charge >= 0.3 is 6.03 Å². The number of benzene rings is 1. The van der Waals surface area contributed by atoms with Crippen LogP contribution in [0.1, 0.15) is 0 Å². The second-order valence-electron chi connectivity index (χ2n) is 6.29. The maximum atomic E-state index is 12.6. The molecule has 1 aliphatic rings. The van der Waals surface area contributed by atoms with Gasteiger partial charge in [0.05, 0.1) is 23.6 Å². The van der Waals surface area contributed by atoms with Crippen molar-refractivity contribution in [3.05, 3.63) is 42.7 Å². The Morgan fingerprint density at radius 3 is 2.85 bits per heavy atom. The fourth-order valence-corrected chi connectivity index (χ4v) is 3.00. The van der Waals surface area contributed by atoms with E-state index in [0.29, 0.717) is 29.2 Å². The molecule has 1 saturated heterocycles. The Balaban J connectivity index is 1.67. The maximum absolute atomic E-state index is 12.6. The summed E-state index contributed by atoms with van der Waals surface area (Å²) in [5.74, 6) is 1.18. The van der Waals surface area contributed by atoms with Gasteiger partial charge in [-0.3, -0.25) is 14.5 Å². The molecule has 1 atom stereocenters. The lowest BCUT2D eigenvalue weighted by atomic mass is 10.2. The Kier molecular flexibility index (Phi) is 4.11. The zero-order valence-corrected chi connectivity index (χ0v) is 14.8. The molecule has 1 aromatic carbocycles. The largest absolute Gasteiger partial charge is 0.455 e. The lowest BCUT2D eigenvalue weighted by Gasteiger charge is -2.10. The highest BCUT2D eigenvalue weighted by molar-refractivity contribution is 6.05. The number of ether oxygens (including phenoxy) is 1. The van der Waals surface area contributed by atoms with Gasteiger partial charge in [0.2, 0.25) is 5.91 Å². The standard InChI is InChI=1S/C18H18N6O3/c1-23-10-12(20-18(23)26)17(25)21-16-15-13(24(2)22-16)6-3-7-14(15)27-11-5-4-8-19-9-11/h3-9,12H,10H2,1-2H3,(H,20,26)(H,21,22,25)/t12-/m1/s1. The van der Waals surface area contributed by atoms with E-state index >= 15 is 0 Å². The Labute approximate surface area is 154 Å². The molecule has 0 radical (unpaired) electrons. The van der Waals surface area contributed by atoms with Crippen LogP contribution in [0.25, 0.3) is 10.9 Å². The van der Waals surface area contributed by atoms with Crippen molar-refractivity contribution in [2.75, 3.05) is 18.9 Å². The van der Waals surface area contributed by atoms with Gasteiger partial charge in [-0.05, 0) is 24.3 Å². The average Bonchev–Trinajstić information content (AvgIpc) is 3.16. The third kappa shape index (κ3) is 3.14. The first-order chi connectivity index (χ1) is 13.0. The molecule has 4 rings (SSSR count). The van der Waals surface area contributed by atoms with E-state index in [1.807, 2.05) is 12.1 Å². The molecular weight excluding hydrogens is 348 g/mol. The highest BCUT2D eigenvalue weighted by Crippen LogP contribution is 2.34. The molecule has 138 valence electrons. The molecule has 3 heterocycles. The van der Waals surface area contributed by atoms with Gasteiger partial charge < -0.3 is 20.3 Å². The summed E-state index contributed by atoms with van der Waals surface area (Å²) in [6, 6.07) is 8.21. The van der Waals surface area contributed by atoms with Gasteiger partial charge in [-0.25, -0.2) is 4.79 Å². The molecule has 27 heavy (non-hydrogen) atoms. The Hall–Kier alpha value is -3.62. The van der Waals surface area contributed by atoms with Gasteiger partial charge in [0, 0.05) is 20.3 Å². The number of hydrogen-bond acceptors (Lipinski definition) is 5. The van der Waals surface area contributed by atoms with Gasteiger partial charge in [0.25, 0.3) is 0 Å². The molecule has 0 unspecified atom stereocenters. The second kappa shape index (κ2) is 6.60. The van der Waals surface area contributed by atoms with Crippen molar-refractivity contribution in [1.82, 2.24) is 25.0 Å². The summed E-state index contributed by atoms with van der Waals surface area (Å²) in [4.78, 5) is 29.7. The van der Waals surface area contributed by atoms with Crippen molar-refractivity contribution in [3.63, 3.8) is 0 Å². The quantitative estimate of drug-likeness (QED) is 0.732. The number of carbonyl (C=O) groups is 2. The monoisotopic (exact) mass is 366 g/mol. The predicted octanol–water partition coefficient (Wildman–Crippen LogP) is 1.72. The van der Waals surface area contributed by atoms with Crippen molar-refractivity contribution in [2.45, 2.75) is 6.04 Å². The predicted molar refractivity (Wildman–Crippen MR) is 98.6 cm³/mol. The molecular formula is C18H18N6O3. The molecule has 0 saturated carbocycles. The van der Waals surface area contributed by atoms with Crippen LogP contribution in [0.5, 0.6) is 11.5 Å². The smallest absolute Gasteiger partial charge is 0.317 e. The van der Waals surface area contributed by atoms with E-state index in [-0.39, 0.29) is 11.9 Å². The number of amides is 3. The summed E-state index contributed by atoms with van der Waals surface area (Å²) in [6.45, 7) is 0.300. The molecule has 3 amide bonds. The molecule has 0 spiro atoms. The van der Waals surface area contributed by atoms with Crippen LogP contribution in [-0.2, 0) is 11.8 Å². The number of pyridine rings is 1. The second-order valence-corrected chi connectivity index (χ2v) is 6.29. The zero-order chi connectivity index (χ0) is 19.0. The molecule has 9 heteroatoms. The van der Waals surface area contributed by atoms with Crippen molar-refractivity contribution >= 4 is 28.7 Å². The van der Waals surface area contributed by atoms with Gasteiger partial charge in [0.1, 0.15) is 17.5 Å². The maximum Gasteiger partial charge on any atom is 0.317 e. The van der Waals surface area contributed by atoms with E-state index < -0.39 is 6.04 Å². The zero-order valence-electron chi connectivity index (χ0n) is 14.8. The molecule has 0 aliphatic carbocycles. The number of urea groups is 1. The summed E-state index contributed by atoms with van der Waals surface area (Å²) < 4.78 is 7.61. The van der Waals surface area contributed by atoms with E-state index in [0.717, 1.165) is 5.52 Å². The van der Waals surface area contributed by atoms with E-state index in [2.05, 4.69) is 20.7 Å². The Bertz CT molecular complexity index is 1020. The van der Waals surface area contributed by atoms with Gasteiger partial charge in [-0.1, -0.05) is 6.07 Å². The molecule has 1 fully saturated rings. The molecule has 3 aromatic rings. The molecule has 2 N–H and O–H groups in total. The number of anilines is 1. The third-order valence-corrected chi connectivity index (χ3v) is 4.36. The molecule has 9 nitrogen and oxygen atoms in total. The molecule has 0 bridgehead atoms. The highest BCUT2D eigenvalue weighted by Gasteiger charge is 2.32. The van der Waals surface area contributed by atoms with Crippen LogP contribution in [-0.4, -0.2) is 51.2 Å². The van der Waals surface area contributed by atoms with Gasteiger partial charge in [0.15, 0.2) is 5.82 Å². The van der Waals surface area contributed by atoms with Crippen molar-refractivity contribution in [1.29, 1.82) is 0 Å². The lowest BCUT2D eigenvalue weighted by Crippen LogP contribution is -2.38. The molecule has 1 aliphatic heterocycles. The minimum absolute atomic E-state index is 0.276. The van der Waals surface area contributed by atoms with Crippen LogP contribution in [0.2, 0.25) is 0 Å². The van der Waals surface area contributed by atoms with Crippen LogP contribution in [0, 0.1) is 0 Å². The van der Waals surface area contributed by atoms with Crippen LogP contribution < -0.4 is 15.4 Å². The fourth-order valence-electron chi connectivity index (χ4n) is 3.00. The van der Waals surface area contributed by atoms with Crippen molar-refractivity contribution in [2.24, 2.45) is 7.05 Å². The van der Waals surface area contributed by atoms with Crippen LogP contribution in [0.4, 0.5) is 10.6 Å². The van der Waals surface area contributed by atoms with E-state index in [1.54, 1.807) is 49.4 Å². The number of nitrogens with one attached hydrogen (secondary N) is 2. The van der Waals surface area contributed by atoms with Crippen LogP contribution >= 0.6 is 0 Å². The minimum Gasteiger partial charge on any atom is -0.455 e. The average molecular weight is 366 g/mol. The number of likely N-dealkylation sites (N-methyl/N-ethyl adjacent to an activating group) is 1. The highest BCUT2D eigenvalue weighted by atomic mass is 16.5. The summed E-state index contributed by atoms with van der Waals surface area (Å²) in [7, 11) is 3.43. The van der Waals surface area contributed by atoms with Crippen molar-refractivity contribution < 1.29 is 14.3 Å². The number of hydrogen-bond donors (Lipinski definition) is 2. The van der Waals surface area contributed by atoms with E-state index in [4.69, 9.17) is 4.74 Å². The normalized spacial score (nSPS) is 16.4. The van der Waals surface area contributed by atoms with Gasteiger partial charge in [-0.2, -0.15) is 5.10 Å². The SMILES string of the molecule is CN1C[C@H](C(=O)Nc2nn(C)c3cccc(Oc4cccnc4)c23)NC1=O. The summed E-state index contributed by atoms with van der Waals surface area (Å²) >= 11 is 0. The number of aryl methyl sites for hydroxylation is 1. The van der Waals surface area contributed by atoms with E-state index in [1.165, 1.54) is 4.90 Å². The van der Waals surface area contributed by atoms with Gasteiger partial charge in [-0.15, -0.1) is 0 Å². The molecule has 2 aromatic heterocycles. The van der Waals surface area contributed by atoms with E-state index in [9.17, 15) is 9.59 Å². The van der Waals surface area contributed by atoms with Crippen LogP contribution in [0.15, 0.2) is 42.7 Å². The first kappa shape index (κ1) is 16.8. The third-order valence-electron chi connectivity index (χ3n) is 4.36. The van der Waals surface area contributed by atoms with Crippen molar-refractivity contribution in [3.8, 4) is 11.5 Å². The lowest BCUT2D eigenvalue weighted by molar-refractivity contribution is -0.117. The Morgan fingerprint density at radius 2 is 2.15 bits per heavy atom. The first-order valence-electron chi connectivity index (χ1n) is 8.39.